The zero-order chi connectivity index (χ0) is 14.6. The molecule has 0 radical (unpaired) electrons. The van der Waals surface area contributed by atoms with Crippen LogP contribution in [0.4, 0.5) is 0 Å². The highest BCUT2D eigenvalue weighted by atomic mass is 32.1. The lowest BCUT2D eigenvalue weighted by molar-refractivity contribution is 0.0478. The van der Waals surface area contributed by atoms with E-state index in [1.807, 2.05) is 6.92 Å². The van der Waals surface area contributed by atoms with E-state index in [0.717, 1.165) is 10.4 Å². The molecule has 1 rings (SSSR count). The molecule has 0 unspecified atom stereocenters. The van der Waals surface area contributed by atoms with Crippen molar-refractivity contribution in [2.24, 2.45) is 0 Å². The van der Waals surface area contributed by atoms with E-state index >= 15 is 0 Å². The molecule has 0 aromatic carbocycles. The first-order valence-electron chi connectivity index (χ1n) is 5.92. The molecule has 0 atom stereocenters. The molecule has 4 nitrogen and oxygen atoms in total. The van der Waals surface area contributed by atoms with Crippen molar-refractivity contribution in [2.75, 3.05) is 20.3 Å². The van der Waals surface area contributed by atoms with Gasteiger partial charge in [-0.3, -0.25) is 4.79 Å². The second-order valence-electron chi connectivity index (χ2n) is 4.92. The number of thiophene rings is 1. The summed E-state index contributed by atoms with van der Waals surface area (Å²) in [5, 5.41) is 18.0. The Morgan fingerprint density at radius 3 is 2.63 bits per heavy atom. The van der Waals surface area contributed by atoms with Gasteiger partial charge in [-0.25, -0.2) is 0 Å². The Hall–Kier alpha value is -1.35. The minimum absolute atomic E-state index is 0.100. The summed E-state index contributed by atoms with van der Waals surface area (Å²) < 4.78 is 0. The van der Waals surface area contributed by atoms with Gasteiger partial charge in [0.1, 0.15) is 6.61 Å². The van der Waals surface area contributed by atoms with Gasteiger partial charge in [-0.15, -0.1) is 11.3 Å². The third-order valence-electron chi connectivity index (χ3n) is 3.01. The van der Waals surface area contributed by atoms with Crippen molar-refractivity contribution in [1.29, 1.82) is 0 Å². The maximum atomic E-state index is 12.3. The number of hydrogen-bond donors (Lipinski definition) is 2. The molecule has 104 valence electrons. The fourth-order valence-electron chi connectivity index (χ4n) is 1.38. The van der Waals surface area contributed by atoms with Crippen LogP contribution in [-0.2, 0) is 0 Å². The standard InChI is InChI=1S/C14H19NO3S/c1-10-8-12(19-11(10)6-5-7-16)13(18)15(4)14(2,3)9-17/h8,16-17H,7,9H2,1-4H3. The summed E-state index contributed by atoms with van der Waals surface area (Å²) in [7, 11) is 1.67. The van der Waals surface area contributed by atoms with Gasteiger partial charge in [-0.1, -0.05) is 11.8 Å². The summed E-state index contributed by atoms with van der Waals surface area (Å²) in [6.07, 6.45) is 0. The summed E-state index contributed by atoms with van der Waals surface area (Å²) in [5.74, 6) is 5.27. The number of carbonyl (C=O) groups is 1. The summed E-state index contributed by atoms with van der Waals surface area (Å²) in [6.45, 7) is 5.19. The highest BCUT2D eigenvalue weighted by Gasteiger charge is 2.28. The second kappa shape index (κ2) is 6.20. The summed E-state index contributed by atoms with van der Waals surface area (Å²) in [5.41, 5.74) is 0.316. The van der Waals surface area contributed by atoms with Crippen LogP contribution in [0.2, 0.25) is 0 Å². The largest absolute Gasteiger partial charge is 0.394 e. The van der Waals surface area contributed by atoms with Crippen LogP contribution in [0.3, 0.4) is 0 Å². The van der Waals surface area contributed by atoms with Crippen LogP contribution in [0.5, 0.6) is 0 Å². The van der Waals surface area contributed by atoms with E-state index in [-0.39, 0.29) is 19.1 Å². The molecule has 0 saturated heterocycles. The monoisotopic (exact) mass is 281 g/mol. The molecule has 0 fully saturated rings. The van der Waals surface area contributed by atoms with Gasteiger partial charge >= 0.3 is 0 Å². The van der Waals surface area contributed by atoms with Crippen molar-refractivity contribution in [3.05, 3.63) is 21.4 Å². The fraction of sp³-hybridized carbons (Fsp3) is 0.500. The van der Waals surface area contributed by atoms with Gasteiger partial charge in [0.15, 0.2) is 0 Å². The Bertz CT molecular complexity index is 523. The number of aliphatic hydroxyl groups excluding tert-OH is 2. The number of carbonyl (C=O) groups excluding carboxylic acids is 1. The Balaban J connectivity index is 3.02. The highest BCUT2D eigenvalue weighted by Crippen LogP contribution is 2.24. The maximum Gasteiger partial charge on any atom is 0.264 e. The van der Waals surface area contributed by atoms with Crippen LogP contribution in [0.1, 0.15) is 34.0 Å². The molecule has 1 amide bonds. The smallest absolute Gasteiger partial charge is 0.264 e. The highest BCUT2D eigenvalue weighted by molar-refractivity contribution is 7.14. The molecule has 1 aromatic heterocycles. The van der Waals surface area contributed by atoms with E-state index in [9.17, 15) is 9.90 Å². The average Bonchev–Trinajstić information content (AvgIpc) is 2.75. The van der Waals surface area contributed by atoms with Crippen LogP contribution in [0.25, 0.3) is 0 Å². The van der Waals surface area contributed by atoms with Crippen molar-refractivity contribution in [3.8, 4) is 11.8 Å². The molecule has 2 N–H and O–H groups in total. The minimum atomic E-state index is -0.605. The summed E-state index contributed by atoms with van der Waals surface area (Å²) in [4.78, 5) is 15.2. The van der Waals surface area contributed by atoms with E-state index in [4.69, 9.17) is 5.11 Å². The first kappa shape index (κ1) is 15.7. The normalized spacial score (nSPS) is 10.8. The first-order valence-corrected chi connectivity index (χ1v) is 6.74. The molecule has 0 bridgehead atoms. The number of nitrogens with zero attached hydrogens (tertiary/aromatic N) is 1. The van der Waals surface area contributed by atoms with Crippen molar-refractivity contribution in [2.45, 2.75) is 26.3 Å². The number of amides is 1. The van der Waals surface area contributed by atoms with E-state index < -0.39 is 5.54 Å². The molecule has 5 heteroatoms. The Labute approximate surface area is 117 Å². The predicted octanol–water partition coefficient (Wildman–Crippen LogP) is 1.24. The number of aliphatic hydroxyl groups is 2. The lowest BCUT2D eigenvalue weighted by Gasteiger charge is -2.33. The lowest BCUT2D eigenvalue weighted by Crippen LogP contribution is -2.47. The van der Waals surface area contributed by atoms with Crippen molar-refractivity contribution >= 4 is 17.2 Å². The average molecular weight is 281 g/mol. The van der Waals surface area contributed by atoms with E-state index in [1.165, 1.54) is 16.2 Å². The molecule has 0 aliphatic rings. The van der Waals surface area contributed by atoms with Gasteiger partial charge in [-0.2, -0.15) is 0 Å². The van der Waals surface area contributed by atoms with Gasteiger partial charge in [0, 0.05) is 7.05 Å². The molecule has 0 aliphatic carbocycles. The Kier molecular flexibility index (Phi) is 5.12. The van der Waals surface area contributed by atoms with Gasteiger partial charge < -0.3 is 15.1 Å². The quantitative estimate of drug-likeness (QED) is 0.820. The first-order chi connectivity index (χ1) is 8.83. The SMILES string of the molecule is Cc1cc(C(=O)N(C)C(C)(C)CO)sc1C#CCO. The second-order valence-corrected chi connectivity index (χ2v) is 5.97. The van der Waals surface area contributed by atoms with Gasteiger partial charge in [-0.05, 0) is 32.4 Å². The van der Waals surface area contributed by atoms with Crippen molar-refractivity contribution in [1.82, 2.24) is 4.90 Å². The molecule has 1 aromatic rings. The number of aryl methyl sites for hydroxylation is 1. The zero-order valence-corrected chi connectivity index (χ0v) is 12.5. The van der Waals surface area contributed by atoms with Crippen molar-refractivity contribution in [3.63, 3.8) is 0 Å². The predicted molar refractivity (Wildman–Crippen MR) is 76.3 cm³/mol. The molecular formula is C14H19NO3S. The van der Waals surface area contributed by atoms with Gasteiger partial charge in [0.25, 0.3) is 5.91 Å². The maximum absolute atomic E-state index is 12.3. The summed E-state index contributed by atoms with van der Waals surface area (Å²) in [6, 6.07) is 1.79. The number of hydrogen-bond acceptors (Lipinski definition) is 4. The molecule has 0 spiro atoms. The minimum Gasteiger partial charge on any atom is -0.394 e. The molecular weight excluding hydrogens is 262 g/mol. The molecule has 0 saturated carbocycles. The lowest BCUT2D eigenvalue weighted by atomic mass is 10.1. The fourth-order valence-corrected chi connectivity index (χ4v) is 2.40. The van der Waals surface area contributed by atoms with Gasteiger partial charge in [0.05, 0.1) is 21.9 Å². The van der Waals surface area contributed by atoms with E-state index in [0.29, 0.717) is 4.88 Å². The number of rotatable bonds is 3. The van der Waals surface area contributed by atoms with Crippen LogP contribution in [0, 0.1) is 18.8 Å². The third kappa shape index (κ3) is 3.57. The Morgan fingerprint density at radius 1 is 1.47 bits per heavy atom. The van der Waals surface area contributed by atoms with Crippen molar-refractivity contribution < 1.29 is 15.0 Å². The Morgan fingerprint density at radius 2 is 2.11 bits per heavy atom. The molecule has 1 heterocycles. The van der Waals surface area contributed by atoms with E-state index in [1.54, 1.807) is 27.0 Å². The molecule has 19 heavy (non-hydrogen) atoms. The topological polar surface area (TPSA) is 60.8 Å². The molecule has 0 aliphatic heterocycles. The van der Waals surface area contributed by atoms with Crippen LogP contribution < -0.4 is 0 Å². The third-order valence-corrected chi connectivity index (χ3v) is 4.15. The van der Waals surface area contributed by atoms with Crippen LogP contribution in [-0.4, -0.2) is 46.8 Å². The van der Waals surface area contributed by atoms with Crippen LogP contribution >= 0.6 is 11.3 Å². The zero-order valence-electron chi connectivity index (χ0n) is 11.6. The van der Waals surface area contributed by atoms with E-state index in [2.05, 4.69) is 11.8 Å². The number of likely N-dealkylation sites (N-methyl/N-ethyl adjacent to an activating group) is 1. The van der Waals surface area contributed by atoms with Gasteiger partial charge in [0.2, 0.25) is 0 Å². The van der Waals surface area contributed by atoms with Crippen LogP contribution in [0.15, 0.2) is 6.07 Å². The summed E-state index contributed by atoms with van der Waals surface area (Å²) >= 11 is 1.30.